The van der Waals surface area contributed by atoms with E-state index in [0.717, 1.165) is 31.9 Å². The molecule has 0 unspecified atom stereocenters. The number of carbonyl (C=O) groups is 1. The number of amides is 1. The van der Waals surface area contributed by atoms with Gasteiger partial charge in [0.1, 0.15) is 5.69 Å². The number of nitrogens with zero attached hydrogens (tertiary/aromatic N) is 4. The number of rotatable bonds is 4. The highest BCUT2D eigenvalue weighted by atomic mass is 32.1. The van der Waals surface area contributed by atoms with E-state index in [-0.39, 0.29) is 5.91 Å². The maximum Gasteiger partial charge on any atom is 0.272 e. The predicted octanol–water partition coefficient (Wildman–Crippen LogP) is 0.192. The summed E-state index contributed by atoms with van der Waals surface area (Å²) < 4.78 is 0. The molecular formula is C14H21N5OS. The zero-order valence-electron chi connectivity index (χ0n) is 12.5. The van der Waals surface area contributed by atoms with Gasteiger partial charge in [0.2, 0.25) is 0 Å². The van der Waals surface area contributed by atoms with Crippen LogP contribution in [0.4, 0.5) is 5.69 Å². The number of carbonyl (C=O) groups excluding carboxylic acids is 1. The Kier molecular flexibility index (Phi) is 5.08. The standard InChI is InChI=1S/C14H21N5OS/c1-17(2)14(20)12-9-11(3-4-16-12)19-7-5-18(6-8-19)10-13(15)21/h3-4,9H,5-8,10H2,1-2H3,(H2,15,21). The molecule has 0 bridgehead atoms. The average Bonchev–Trinajstić information content (AvgIpc) is 2.46. The van der Waals surface area contributed by atoms with Gasteiger partial charge in [0.15, 0.2) is 0 Å². The Morgan fingerprint density at radius 1 is 1.38 bits per heavy atom. The second-order valence-electron chi connectivity index (χ2n) is 5.33. The molecule has 0 atom stereocenters. The average molecular weight is 307 g/mol. The molecule has 1 amide bonds. The van der Waals surface area contributed by atoms with Crippen LogP contribution < -0.4 is 10.6 Å². The molecular weight excluding hydrogens is 286 g/mol. The van der Waals surface area contributed by atoms with Gasteiger partial charge >= 0.3 is 0 Å². The van der Waals surface area contributed by atoms with Crippen molar-refractivity contribution in [2.45, 2.75) is 0 Å². The number of piperazine rings is 1. The van der Waals surface area contributed by atoms with E-state index in [1.165, 1.54) is 4.90 Å². The molecule has 7 heteroatoms. The van der Waals surface area contributed by atoms with Crippen LogP contribution in [0.25, 0.3) is 0 Å². The summed E-state index contributed by atoms with van der Waals surface area (Å²) in [7, 11) is 3.45. The minimum absolute atomic E-state index is 0.0797. The fourth-order valence-electron chi connectivity index (χ4n) is 2.35. The molecule has 2 rings (SSSR count). The Labute approximate surface area is 130 Å². The molecule has 1 aromatic heterocycles. The van der Waals surface area contributed by atoms with E-state index in [1.807, 2.05) is 12.1 Å². The molecule has 1 fully saturated rings. The predicted molar refractivity (Wildman–Crippen MR) is 87.7 cm³/mol. The molecule has 0 aromatic carbocycles. The van der Waals surface area contributed by atoms with Gasteiger partial charge in [-0.3, -0.25) is 14.7 Å². The Balaban J connectivity index is 2.02. The molecule has 21 heavy (non-hydrogen) atoms. The third-order valence-electron chi connectivity index (χ3n) is 3.49. The Morgan fingerprint density at radius 2 is 2.05 bits per heavy atom. The number of pyridine rings is 1. The summed E-state index contributed by atoms with van der Waals surface area (Å²) in [6, 6.07) is 3.79. The number of hydrogen-bond donors (Lipinski definition) is 1. The van der Waals surface area contributed by atoms with Crippen molar-refractivity contribution in [2.24, 2.45) is 5.73 Å². The van der Waals surface area contributed by atoms with Crippen LogP contribution in [0.15, 0.2) is 18.3 Å². The fourth-order valence-corrected chi connectivity index (χ4v) is 2.53. The third kappa shape index (κ3) is 4.12. The highest BCUT2D eigenvalue weighted by molar-refractivity contribution is 7.80. The van der Waals surface area contributed by atoms with Crippen molar-refractivity contribution in [1.82, 2.24) is 14.8 Å². The molecule has 6 nitrogen and oxygen atoms in total. The van der Waals surface area contributed by atoms with E-state index in [1.54, 1.807) is 20.3 Å². The van der Waals surface area contributed by atoms with Gasteiger partial charge in [-0.2, -0.15) is 0 Å². The monoisotopic (exact) mass is 307 g/mol. The van der Waals surface area contributed by atoms with E-state index in [2.05, 4.69) is 14.8 Å². The second-order valence-corrected chi connectivity index (χ2v) is 5.85. The quantitative estimate of drug-likeness (QED) is 0.801. The van der Waals surface area contributed by atoms with Crippen LogP contribution in [0, 0.1) is 0 Å². The van der Waals surface area contributed by atoms with E-state index < -0.39 is 0 Å². The smallest absolute Gasteiger partial charge is 0.272 e. The van der Waals surface area contributed by atoms with E-state index in [0.29, 0.717) is 17.2 Å². The van der Waals surface area contributed by atoms with Crippen LogP contribution in [0.5, 0.6) is 0 Å². The summed E-state index contributed by atoms with van der Waals surface area (Å²) in [6.45, 7) is 4.28. The highest BCUT2D eigenvalue weighted by Crippen LogP contribution is 2.17. The summed E-state index contributed by atoms with van der Waals surface area (Å²) in [6.07, 6.45) is 1.69. The topological polar surface area (TPSA) is 65.7 Å². The summed E-state index contributed by atoms with van der Waals surface area (Å²) in [5.41, 5.74) is 7.08. The lowest BCUT2D eigenvalue weighted by Crippen LogP contribution is -2.48. The van der Waals surface area contributed by atoms with Crippen molar-refractivity contribution in [3.8, 4) is 0 Å². The maximum atomic E-state index is 12.0. The fraction of sp³-hybridized carbons (Fsp3) is 0.500. The molecule has 0 aliphatic carbocycles. The van der Waals surface area contributed by atoms with E-state index >= 15 is 0 Å². The van der Waals surface area contributed by atoms with E-state index in [4.69, 9.17) is 18.0 Å². The number of aromatic nitrogens is 1. The number of thiocarbonyl (C=S) groups is 1. The van der Waals surface area contributed by atoms with Gasteiger partial charge in [-0.25, -0.2) is 0 Å². The van der Waals surface area contributed by atoms with Gasteiger partial charge in [-0.1, -0.05) is 12.2 Å². The van der Waals surface area contributed by atoms with Crippen LogP contribution in [-0.2, 0) is 0 Å². The van der Waals surface area contributed by atoms with E-state index in [9.17, 15) is 4.79 Å². The second kappa shape index (κ2) is 6.82. The molecule has 2 N–H and O–H groups in total. The SMILES string of the molecule is CN(C)C(=O)c1cc(N2CCN(CC(N)=S)CC2)ccn1. The van der Waals surface area contributed by atoms with Crippen molar-refractivity contribution >= 4 is 28.8 Å². The maximum absolute atomic E-state index is 12.0. The normalized spacial score (nSPS) is 15.8. The minimum atomic E-state index is -0.0797. The molecule has 1 aromatic rings. The summed E-state index contributed by atoms with van der Waals surface area (Å²) >= 11 is 4.94. The molecule has 1 aliphatic heterocycles. The van der Waals surface area contributed by atoms with Gasteiger partial charge in [-0.15, -0.1) is 0 Å². The zero-order chi connectivity index (χ0) is 15.4. The highest BCUT2D eigenvalue weighted by Gasteiger charge is 2.19. The Morgan fingerprint density at radius 3 is 2.62 bits per heavy atom. The first-order chi connectivity index (χ1) is 9.97. The molecule has 0 spiro atoms. The first kappa shape index (κ1) is 15.7. The summed E-state index contributed by atoms with van der Waals surface area (Å²) in [5, 5.41) is 0. The molecule has 1 aliphatic rings. The Hall–Kier alpha value is -1.73. The summed E-state index contributed by atoms with van der Waals surface area (Å²) in [4.78, 5) is 22.7. The molecule has 2 heterocycles. The van der Waals surface area contributed by atoms with Gasteiger partial charge in [0.25, 0.3) is 5.91 Å². The lowest BCUT2D eigenvalue weighted by molar-refractivity contribution is 0.0822. The molecule has 114 valence electrons. The van der Waals surface area contributed by atoms with Crippen molar-refractivity contribution < 1.29 is 4.79 Å². The van der Waals surface area contributed by atoms with Crippen LogP contribution >= 0.6 is 12.2 Å². The van der Waals surface area contributed by atoms with Crippen LogP contribution in [0.2, 0.25) is 0 Å². The van der Waals surface area contributed by atoms with Crippen molar-refractivity contribution in [2.75, 3.05) is 51.7 Å². The first-order valence-corrected chi connectivity index (χ1v) is 7.31. The van der Waals surface area contributed by atoms with Crippen molar-refractivity contribution in [3.05, 3.63) is 24.0 Å². The van der Waals surface area contributed by atoms with Crippen LogP contribution in [0.1, 0.15) is 10.5 Å². The van der Waals surface area contributed by atoms with Gasteiger partial charge in [0, 0.05) is 58.7 Å². The molecule has 1 saturated heterocycles. The van der Waals surface area contributed by atoms with Gasteiger partial charge in [-0.05, 0) is 12.1 Å². The molecule has 0 radical (unpaired) electrons. The summed E-state index contributed by atoms with van der Waals surface area (Å²) in [5.74, 6) is -0.0797. The lowest BCUT2D eigenvalue weighted by atomic mass is 10.2. The number of nitrogens with two attached hydrogens (primary N) is 1. The Bertz CT molecular complexity index is 526. The number of anilines is 1. The zero-order valence-corrected chi connectivity index (χ0v) is 13.3. The lowest BCUT2D eigenvalue weighted by Gasteiger charge is -2.35. The first-order valence-electron chi connectivity index (χ1n) is 6.90. The van der Waals surface area contributed by atoms with Crippen LogP contribution in [0.3, 0.4) is 0 Å². The van der Waals surface area contributed by atoms with Crippen molar-refractivity contribution in [1.29, 1.82) is 0 Å². The van der Waals surface area contributed by atoms with Gasteiger partial charge in [0.05, 0.1) is 4.99 Å². The largest absolute Gasteiger partial charge is 0.392 e. The van der Waals surface area contributed by atoms with Crippen molar-refractivity contribution in [3.63, 3.8) is 0 Å². The van der Waals surface area contributed by atoms with Gasteiger partial charge < -0.3 is 15.5 Å². The minimum Gasteiger partial charge on any atom is -0.392 e. The third-order valence-corrected chi connectivity index (χ3v) is 3.61. The van der Waals surface area contributed by atoms with Crippen LogP contribution in [-0.4, -0.2) is 72.5 Å². The molecule has 0 saturated carbocycles. The number of hydrogen-bond acceptors (Lipinski definition) is 5.